The highest BCUT2D eigenvalue weighted by Gasteiger charge is 2.55. The number of aromatic amines is 1. The van der Waals surface area contributed by atoms with Crippen molar-refractivity contribution < 1.29 is 9.57 Å². The van der Waals surface area contributed by atoms with E-state index in [0.29, 0.717) is 12.4 Å². The summed E-state index contributed by atoms with van der Waals surface area (Å²) in [5, 5.41) is 16.0. The predicted octanol–water partition coefficient (Wildman–Crippen LogP) is -1.01. The molecule has 0 amide bonds. The zero-order valence-corrected chi connectivity index (χ0v) is 10.8. The number of hydrogen-bond donors (Lipinski definition) is 2. The molecule has 104 valence electrons. The third-order valence-corrected chi connectivity index (χ3v) is 3.78. The largest absolute Gasteiger partial charge is 0.443 e. The van der Waals surface area contributed by atoms with Crippen LogP contribution in [-0.4, -0.2) is 56.1 Å². The fourth-order valence-electron chi connectivity index (χ4n) is 2.06. The second kappa shape index (κ2) is 4.43. The normalized spacial score (nSPS) is 32.5. The van der Waals surface area contributed by atoms with Gasteiger partial charge < -0.3 is 9.57 Å². The molecule has 2 atom stereocenters. The van der Waals surface area contributed by atoms with Crippen LogP contribution in [0.5, 0.6) is 0 Å². The summed E-state index contributed by atoms with van der Waals surface area (Å²) in [6, 6.07) is 0. The maximum absolute atomic E-state index is 5.42. The first-order valence-corrected chi connectivity index (χ1v) is 6.46. The van der Waals surface area contributed by atoms with Gasteiger partial charge in [0.25, 0.3) is 12.1 Å². The number of ether oxygens (including phenoxy) is 1. The molecule has 12 heteroatoms. The topological polar surface area (TPSA) is 116 Å². The van der Waals surface area contributed by atoms with E-state index in [2.05, 4.69) is 35.9 Å². The number of hydrogen-bond acceptors (Lipinski definition) is 11. The standard InChI is InChI=1S/C8H9N9O2S/c1-6(13-15-11-1)8(16-2-9-3-19-16)10-5-20-17(8)7-14-12-4-18-7/h1,3-5,7,14H,2H2,(H,11,13,15). The third kappa shape index (κ3) is 1.52. The van der Waals surface area contributed by atoms with E-state index in [-0.39, 0.29) is 0 Å². The fourth-order valence-corrected chi connectivity index (χ4v) is 2.95. The molecule has 1 aromatic heterocycles. The van der Waals surface area contributed by atoms with Gasteiger partial charge in [0.1, 0.15) is 12.4 Å². The second-order valence-corrected chi connectivity index (χ2v) is 4.74. The first-order valence-electron chi connectivity index (χ1n) is 5.62. The summed E-state index contributed by atoms with van der Waals surface area (Å²) in [5.74, 6) is -1.04. The minimum atomic E-state index is -1.04. The van der Waals surface area contributed by atoms with Crippen molar-refractivity contribution in [1.29, 1.82) is 0 Å². The molecule has 1 aromatic rings. The molecule has 2 unspecified atom stereocenters. The number of aliphatic imine (C=N–C) groups is 2. The van der Waals surface area contributed by atoms with Gasteiger partial charge in [0.2, 0.25) is 0 Å². The zero-order chi connectivity index (χ0) is 13.4. The van der Waals surface area contributed by atoms with Crippen LogP contribution in [-0.2, 0) is 15.4 Å². The van der Waals surface area contributed by atoms with Crippen molar-refractivity contribution in [2.45, 2.75) is 12.1 Å². The molecular formula is C8H9N9O2S. The van der Waals surface area contributed by atoms with Gasteiger partial charge in [0.15, 0.2) is 12.8 Å². The number of aromatic nitrogens is 3. The molecule has 20 heavy (non-hydrogen) atoms. The predicted molar refractivity (Wildman–Crippen MR) is 68.8 cm³/mol. The summed E-state index contributed by atoms with van der Waals surface area (Å²) < 4.78 is 7.20. The lowest BCUT2D eigenvalue weighted by atomic mass is 10.2. The van der Waals surface area contributed by atoms with Crippen molar-refractivity contribution in [2.24, 2.45) is 15.1 Å². The lowest BCUT2D eigenvalue weighted by molar-refractivity contribution is -0.202. The quantitative estimate of drug-likeness (QED) is 0.681. The van der Waals surface area contributed by atoms with E-state index in [0.717, 1.165) is 0 Å². The Morgan fingerprint density at radius 2 is 2.45 bits per heavy atom. The number of rotatable bonds is 3. The molecule has 0 radical (unpaired) electrons. The van der Waals surface area contributed by atoms with Crippen LogP contribution < -0.4 is 5.43 Å². The first kappa shape index (κ1) is 11.6. The maximum Gasteiger partial charge on any atom is 0.264 e. The van der Waals surface area contributed by atoms with E-state index in [4.69, 9.17) is 9.57 Å². The van der Waals surface area contributed by atoms with Gasteiger partial charge in [0, 0.05) is 0 Å². The van der Waals surface area contributed by atoms with E-state index >= 15 is 0 Å². The van der Waals surface area contributed by atoms with E-state index in [1.807, 2.05) is 4.31 Å². The van der Waals surface area contributed by atoms with Crippen LogP contribution in [0, 0.1) is 0 Å². The van der Waals surface area contributed by atoms with Crippen LogP contribution in [0.3, 0.4) is 0 Å². The van der Waals surface area contributed by atoms with Crippen molar-refractivity contribution in [3.05, 3.63) is 11.9 Å². The molecule has 11 nitrogen and oxygen atoms in total. The highest BCUT2D eigenvalue weighted by Crippen LogP contribution is 2.43. The zero-order valence-electron chi connectivity index (χ0n) is 9.95. The smallest absolute Gasteiger partial charge is 0.264 e. The van der Waals surface area contributed by atoms with Crippen molar-refractivity contribution in [1.82, 2.24) is 30.2 Å². The number of H-pyrrole nitrogens is 1. The summed E-state index contributed by atoms with van der Waals surface area (Å²) in [7, 11) is 0. The van der Waals surface area contributed by atoms with Gasteiger partial charge in [-0.15, -0.1) is 9.41 Å². The average Bonchev–Trinajstić information content (AvgIpc) is 3.23. The van der Waals surface area contributed by atoms with Crippen LogP contribution in [0.1, 0.15) is 5.69 Å². The molecule has 0 bridgehead atoms. The van der Waals surface area contributed by atoms with Crippen LogP contribution >= 0.6 is 11.9 Å². The van der Waals surface area contributed by atoms with Gasteiger partial charge >= 0.3 is 0 Å². The van der Waals surface area contributed by atoms with E-state index < -0.39 is 12.1 Å². The Kier molecular flexibility index (Phi) is 2.58. The Balaban J connectivity index is 1.75. The summed E-state index contributed by atoms with van der Waals surface area (Å²) in [4.78, 5) is 14.0. The fraction of sp³-hybridized carbons (Fsp3) is 0.375. The number of hydrazone groups is 1. The highest BCUT2D eigenvalue weighted by molar-refractivity contribution is 8.10. The van der Waals surface area contributed by atoms with Crippen LogP contribution in [0.4, 0.5) is 0 Å². The summed E-state index contributed by atoms with van der Waals surface area (Å²) in [6.45, 7) is 0.314. The van der Waals surface area contributed by atoms with Crippen LogP contribution in [0.2, 0.25) is 0 Å². The van der Waals surface area contributed by atoms with Gasteiger partial charge in [-0.25, -0.2) is 9.98 Å². The van der Waals surface area contributed by atoms with Crippen LogP contribution in [0.25, 0.3) is 0 Å². The minimum Gasteiger partial charge on any atom is -0.443 e. The van der Waals surface area contributed by atoms with Crippen LogP contribution in [0.15, 0.2) is 21.3 Å². The molecule has 2 N–H and O–H groups in total. The Bertz CT molecular complexity index is 559. The molecule has 0 fully saturated rings. The molecule has 4 rings (SSSR count). The van der Waals surface area contributed by atoms with Gasteiger partial charge in [-0.2, -0.15) is 15.4 Å². The average molecular weight is 295 g/mol. The van der Waals surface area contributed by atoms with Crippen molar-refractivity contribution >= 4 is 30.3 Å². The molecule has 0 spiro atoms. The molecule has 4 heterocycles. The Morgan fingerprint density at radius 1 is 1.45 bits per heavy atom. The third-order valence-electron chi connectivity index (χ3n) is 2.91. The monoisotopic (exact) mass is 295 g/mol. The molecule has 0 saturated carbocycles. The van der Waals surface area contributed by atoms with Gasteiger partial charge in [-0.05, 0) is 11.9 Å². The van der Waals surface area contributed by atoms with Gasteiger partial charge in [-0.1, -0.05) is 5.06 Å². The summed E-state index contributed by atoms with van der Waals surface area (Å²) in [5.41, 5.74) is 5.07. The second-order valence-electron chi connectivity index (χ2n) is 3.92. The van der Waals surface area contributed by atoms with E-state index in [1.54, 1.807) is 16.8 Å². The number of nitrogens with zero attached hydrogens (tertiary/aromatic N) is 7. The summed E-state index contributed by atoms with van der Waals surface area (Å²) >= 11 is 1.35. The Morgan fingerprint density at radius 3 is 3.15 bits per heavy atom. The molecule has 0 aromatic carbocycles. The van der Waals surface area contributed by atoms with Gasteiger partial charge in [0.05, 0.1) is 11.7 Å². The molecule has 3 aliphatic heterocycles. The lowest BCUT2D eigenvalue weighted by Crippen LogP contribution is -2.57. The Labute approximate surface area is 116 Å². The lowest BCUT2D eigenvalue weighted by Gasteiger charge is -2.39. The maximum atomic E-state index is 5.42. The number of hydroxylamine groups is 2. The van der Waals surface area contributed by atoms with Crippen molar-refractivity contribution in [3.63, 3.8) is 0 Å². The molecule has 0 saturated heterocycles. The first-order chi connectivity index (χ1) is 9.91. The number of nitrogens with one attached hydrogen (secondary N) is 2. The van der Waals surface area contributed by atoms with E-state index in [1.165, 1.54) is 24.7 Å². The van der Waals surface area contributed by atoms with Crippen molar-refractivity contribution in [3.8, 4) is 0 Å². The van der Waals surface area contributed by atoms with E-state index in [9.17, 15) is 0 Å². The summed E-state index contributed by atoms with van der Waals surface area (Å²) in [6.07, 6.45) is 3.76. The SMILES string of the molecule is C1=NCN(C2(c3cn[nH]n3)N=CSN2C2NN=CO2)O1. The molecular weight excluding hydrogens is 286 g/mol. The molecule has 3 aliphatic rings. The Hall–Kier alpha value is -2.18. The van der Waals surface area contributed by atoms with Crippen molar-refractivity contribution in [2.75, 3.05) is 6.67 Å². The van der Waals surface area contributed by atoms with Gasteiger partial charge in [-0.3, -0.25) is 5.43 Å². The highest BCUT2D eigenvalue weighted by atomic mass is 32.2. The minimum absolute atomic E-state index is 0.314. The molecule has 0 aliphatic carbocycles.